The van der Waals surface area contributed by atoms with E-state index in [1.807, 2.05) is 12.1 Å². The summed E-state index contributed by atoms with van der Waals surface area (Å²) >= 11 is 6.29. The highest BCUT2D eigenvalue weighted by Crippen LogP contribution is 2.32. The van der Waals surface area contributed by atoms with Crippen LogP contribution in [0.4, 0.5) is 11.5 Å². The molecule has 3 aromatic rings. The van der Waals surface area contributed by atoms with Crippen molar-refractivity contribution in [2.45, 2.75) is 26.2 Å². The third-order valence-corrected chi connectivity index (χ3v) is 3.66. The Labute approximate surface area is 127 Å². The Kier molecular flexibility index (Phi) is 3.29. The van der Waals surface area contributed by atoms with Crippen LogP contribution in [0.3, 0.4) is 0 Å². The fourth-order valence-electron chi connectivity index (χ4n) is 2.08. The molecule has 6 heteroatoms. The van der Waals surface area contributed by atoms with E-state index in [4.69, 9.17) is 11.6 Å². The van der Waals surface area contributed by atoms with E-state index in [1.54, 1.807) is 6.20 Å². The zero-order valence-electron chi connectivity index (χ0n) is 12.1. The molecule has 0 bridgehead atoms. The number of aromatic amines is 1. The number of aromatic nitrogens is 4. The van der Waals surface area contributed by atoms with E-state index in [9.17, 15) is 0 Å². The summed E-state index contributed by atoms with van der Waals surface area (Å²) in [6, 6.07) is 6.00. The highest BCUT2D eigenvalue weighted by atomic mass is 35.5. The van der Waals surface area contributed by atoms with Gasteiger partial charge in [0.15, 0.2) is 5.65 Å². The molecular weight excluding hydrogens is 286 g/mol. The SMILES string of the molecule is CC(C)(C)c1ccc(Cl)c(Nc2ncnc3[nH]ncc23)c1. The van der Waals surface area contributed by atoms with Gasteiger partial charge in [-0.05, 0) is 23.1 Å². The van der Waals surface area contributed by atoms with Crippen molar-refractivity contribution in [2.75, 3.05) is 5.32 Å². The zero-order chi connectivity index (χ0) is 15.0. The lowest BCUT2D eigenvalue weighted by atomic mass is 9.87. The molecule has 0 aliphatic rings. The molecule has 108 valence electrons. The number of anilines is 2. The Morgan fingerprint density at radius 3 is 2.76 bits per heavy atom. The van der Waals surface area contributed by atoms with Crippen molar-refractivity contribution >= 4 is 34.1 Å². The van der Waals surface area contributed by atoms with Crippen LogP contribution in [-0.4, -0.2) is 20.2 Å². The predicted molar refractivity (Wildman–Crippen MR) is 85.1 cm³/mol. The summed E-state index contributed by atoms with van der Waals surface area (Å²) < 4.78 is 0. The normalized spacial score (nSPS) is 11.8. The van der Waals surface area contributed by atoms with Crippen LogP contribution in [0.25, 0.3) is 11.0 Å². The van der Waals surface area contributed by atoms with Crippen molar-refractivity contribution < 1.29 is 0 Å². The van der Waals surface area contributed by atoms with Gasteiger partial charge in [0.25, 0.3) is 0 Å². The first-order valence-electron chi connectivity index (χ1n) is 6.66. The van der Waals surface area contributed by atoms with Crippen LogP contribution in [0.5, 0.6) is 0 Å². The molecule has 0 spiro atoms. The summed E-state index contributed by atoms with van der Waals surface area (Å²) in [5.41, 5.74) is 2.77. The molecule has 2 aromatic heterocycles. The fourth-order valence-corrected chi connectivity index (χ4v) is 2.24. The van der Waals surface area contributed by atoms with Gasteiger partial charge >= 0.3 is 0 Å². The molecule has 0 aliphatic carbocycles. The van der Waals surface area contributed by atoms with Crippen molar-refractivity contribution in [3.8, 4) is 0 Å². The molecule has 0 fully saturated rings. The molecule has 0 amide bonds. The quantitative estimate of drug-likeness (QED) is 0.749. The standard InChI is InChI=1S/C15H16ClN5/c1-15(2,3)9-4-5-11(16)12(6-9)20-13-10-7-19-21-14(10)18-8-17-13/h4-8H,1-3H3,(H2,17,18,19,20,21). The van der Waals surface area contributed by atoms with Crippen LogP contribution in [0.2, 0.25) is 5.02 Å². The average Bonchev–Trinajstić information content (AvgIpc) is 2.89. The molecule has 0 atom stereocenters. The molecule has 21 heavy (non-hydrogen) atoms. The lowest BCUT2D eigenvalue weighted by molar-refractivity contribution is 0.590. The van der Waals surface area contributed by atoms with Gasteiger partial charge in [-0.3, -0.25) is 5.10 Å². The van der Waals surface area contributed by atoms with E-state index in [1.165, 1.54) is 11.9 Å². The Hall–Kier alpha value is -2.14. The van der Waals surface area contributed by atoms with E-state index in [0.29, 0.717) is 16.5 Å². The number of H-pyrrole nitrogens is 1. The number of hydrogen-bond acceptors (Lipinski definition) is 4. The minimum Gasteiger partial charge on any atom is -0.338 e. The van der Waals surface area contributed by atoms with Crippen LogP contribution in [0, 0.1) is 0 Å². The summed E-state index contributed by atoms with van der Waals surface area (Å²) in [4.78, 5) is 8.39. The second-order valence-corrected chi connectivity index (χ2v) is 6.33. The monoisotopic (exact) mass is 301 g/mol. The van der Waals surface area contributed by atoms with Gasteiger partial charge in [0.1, 0.15) is 12.1 Å². The molecule has 0 saturated heterocycles. The number of hydrogen-bond donors (Lipinski definition) is 2. The van der Waals surface area contributed by atoms with E-state index in [0.717, 1.165) is 11.1 Å². The largest absolute Gasteiger partial charge is 0.338 e. The molecule has 2 heterocycles. The molecule has 1 aromatic carbocycles. The summed E-state index contributed by atoms with van der Waals surface area (Å²) in [7, 11) is 0. The fraction of sp³-hybridized carbons (Fsp3) is 0.267. The Morgan fingerprint density at radius 2 is 2.00 bits per heavy atom. The third kappa shape index (κ3) is 2.69. The summed E-state index contributed by atoms with van der Waals surface area (Å²) in [5.74, 6) is 0.682. The predicted octanol–water partition coefficient (Wildman–Crippen LogP) is 4.05. The van der Waals surface area contributed by atoms with Crippen LogP contribution in [0.15, 0.2) is 30.7 Å². The minimum atomic E-state index is 0.0532. The van der Waals surface area contributed by atoms with Crippen molar-refractivity contribution in [1.82, 2.24) is 20.2 Å². The maximum atomic E-state index is 6.29. The Bertz CT molecular complexity index is 788. The number of fused-ring (bicyclic) bond motifs is 1. The van der Waals surface area contributed by atoms with Gasteiger partial charge in [0, 0.05) is 0 Å². The smallest absolute Gasteiger partial charge is 0.160 e. The van der Waals surface area contributed by atoms with Gasteiger partial charge in [-0.15, -0.1) is 0 Å². The Morgan fingerprint density at radius 1 is 1.19 bits per heavy atom. The molecule has 0 aliphatic heterocycles. The summed E-state index contributed by atoms with van der Waals surface area (Å²) in [6.45, 7) is 6.50. The first-order valence-corrected chi connectivity index (χ1v) is 7.04. The summed E-state index contributed by atoms with van der Waals surface area (Å²) in [5, 5.41) is 11.6. The van der Waals surface area contributed by atoms with Crippen LogP contribution >= 0.6 is 11.6 Å². The van der Waals surface area contributed by atoms with Gasteiger partial charge in [0.2, 0.25) is 0 Å². The molecule has 0 radical (unpaired) electrons. The van der Waals surface area contributed by atoms with E-state index in [-0.39, 0.29) is 5.41 Å². The lowest BCUT2D eigenvalue weighted by Crippen LogP contribution is -2.11. The van der Waals surface area contributed by atoms with Crippen LogP contribution in [-0.2, 0) is 5.41 Å². The molecule has 5 nitrogen and oxygen atoms in total. The van der Waals surface area contributed by atoms with E-state index >= 15 is 0 Å². The number of halogens is 1. The lowest BCUT2D eigenvalue weighted by Gasteiger charge is -2.20. The first kappa shape index (κ1) is 13.8. The van der Waals surface area contributed by atoms with Crippen molar-refractivity contribution in [1.29, 1.82) is 0 Å². The maximum Gasteiger partial charge on any atom is 0.160 e. The van der Waals surface area contributed by atoms with Gasteiger partial charge in [-0.25, -0.2) is 9.97 Å². The number of nitrogens with zero attached hydrogens (tertiary/aromatic N) is 3. The molecule has 3 rings (SSSR count). The maximum absolute atomic E-state index is 6.29. The van der Waals surface area contributed by atoms with Gasteiger partial charge < -0.3 is 5.32 Å². The number of benzene rings is 1. The third-order valence-electron chi connectivity index (χ3n) is 3.33. The summed E-state index contributed by atoms with van der Waals surface area (Å²) in [6.07, 6.45) is 3.18. The van der Waals surface area contributed by atoms with Crippen LogP contribution in [0.1, 0.15) is 26.3 Å². The topological polar surface area (TPSA) is 66.5 Å². The first-order chi connectivity index (χ1) is 9.95. The zero-order valence-corrected chi connectivity index (χ0v) is 12.9. The highest BCUT2D eigenvalue weighted by Gasteiger charge is 2.16. The van der Waals surface area contributed by atoms with Crippen molar-refractivity contribution in [3.63, 3.8) is 0 Å². The van der Waals surface area contributed by atoms with Gasteiger partial charge in [-0.2, -0.15) is 5.10 Å². The highest BCUT2D eigenvalue weighted by molar-refractivity contribution is 6.33. The number of nitrogens with one attached hydrogen (secondary N) is 2. The van der Waals surface area contributed by atoms with Gasteiger partial charge in [-0.1, -0.05) is 38.4 Å². The van der Waals surface area contributed by atoms with Crippen molar-refractivity contribution in [2.24, 2.45) is 0 Å². The molecule has 2 N–H and O–H groups in total. The molecule has 0 saturated carbocycles. The molecule has 0 unspecified atom stereocenters. The Balaban J connectivity index is 2.03. The van der Waals surface area contributed by atoms with Crippen LogP contribution < -0.4 is 5.32 Å². The second kappa shape index (κ2) is 5.00. The second-order valence-electron chi connectivity index (χ2n) is 5.92. The average molecular weight is 302 g/mol. The van der Waals surface area contributed by atoms with Crippen molar-refractivity contribution in [3.05, 3.63) is 41.3 Å². The molecular formula is C15H16ClN5. The number of rotatable bonds is 2. The van der Waals surface area contributed by atoms with Gasteiger partial charge in [0.05, 0.1) is 22.3 Å². The van der Waals surface area contributed by atoms with E-state index in [2.05, 4.69) is 52.3 Å². The van der Waals surface area contributed by atoms with E-state index < -0.39 is 0 Å². The minimum absolute atomic E-state index is 0.0532.